The number of carbonyl (C=O) groups is 1. The molecule has 0 saturated heterocycles. The van der Waals surface area contributed by atoms with Crippen LogP contribution in [0.1, 0.15) is 10.6 Å². The van der Waals surface area contributed by atoms with Gasteiger partial charge in [-0.3, -0.25) is 4.79 Å². The van der Waals surface area contributed by atoms with Crippen LogP contribution in [0.15, 0.2) is 54.6 Å². The zero-order chi connectivity index (χ0) is 16.2. The highest BCUT2D eigenvalue weighted by molar-refractivity contribution is 7.19. The predicted octanol–water partition coefficient (Wildman–Crippen LogP) is 4.11. The van der Waals surface area contributed by atoms with Crippen LogP contribution in [0.25, 0.3) is 16.3 Å². The second-order valence-electron chi connectivity index (χ2n) is 5.14. The number of nitrogens with zero attached hydrogens (tertiary/aromatic N) is 2. The van der Waals surface area contributed by atoms with Crippen LogP contribution in [-0.4, -0.2) is 22.8 Å². The van der Waals surface area contributed by atoms with E-state index in [2.05, 4.69) is 4.98 Å². The Bertz CT molecular complexity index is 839. The molecule has 3 nitrogen and oxygen atoms in total. The summed E-state index contributed by atoms with van der Waals surface area (Å²) < 4.78 is 14.7. The molecule has 2 aromatic carbocycles. The molecule has 3 aromatic rings. The molecular weight excluding hydrogens is 311 g/mol. The van der Waals surface area contributed by atoms with E-state index in [1.807, 2.05) is 24.3 Å². The molecule has 5 heteroatoms. The van der Waals surface area contributed by atoms with Crippen LogP contribution in [0.2, 0.25) is 0 Å². The van der Waals surface area contributed by atoms with Gasteiger partial charge in [-0.2, -0.15) is 0 Å². The number of carbonyl (C=O) groups excluding carboxylic acids is 1. The van der Waals surface area contributed by atoms with E-state index in [1.54, 1.807) is 31.3 Å². The van der Waals surface area contributed by atoms with Gasteiger partial charge in [-0.05, 0) is 24.3 Å². The summed E-state index contributed by atoms with van der Waals surface area (Å²) in [5.41, 5.74) is 1.42. The first-order valence-corrected chi connectivity index (χ1v) is 7.97. The van der Waals surface area contributed by atoms with Crippen LogP contribution in [0.4, 0.5) is 4.39 Å². The van der Waals surface area contributed by atoms with E-state index in [9.17, 15) is 9.18 Å². The fourth-order valence-corrected chi connectivity index (χ4v) is 3.06. The van der Waals surface area contributed by atoms with Gasteiger partial charge in [-0.1, -0.05) is 30.3 Å². The minimum Gasteiger partial charge on any atom is -0.338 e. The van der Waals surface area contributed by atoms with Gasteiger partial charge in [0.05, 0.1) is 10.2 Å². The van der Waals surface area contributed by atoms with Crippen molar-refractivity contribution < 1.29 is 9.18 Å². The number of hydrogen-bond acceptors (Lipinski definition) is 3. The number of fused-ring (bicyclic) bond motifs is 1. The largest absolute Gasteiger partial charge is 0.338 e. The van der Waals surface area contributed by atoms with E-state index in [0.29, 0.717) is 5.56 Å². The molecule has 0 aliphatic heterocycles. The van der Waals surface area contributed by atoms with E-state index in [0.717, 1.165) is 15.2 Å². The van der Waals surface area contributed by atoms with Crippen molar-refractivity contribution in [1.29, 1.82) is 0 Å². The van der Waals surface area contributed by atoms with Gasteiger partial charge in [0.2, 0.25) is 5.91 Å². The average Bonchev–Trinajstić information content (AvgIpc) is 2.97. The Kier molecular flexibility index (Phi) is 4.48. The monoisotopic (exact) mass is 326 g/mol. The van der Waals surface area contributed by atoms with Gasteiger partial charge < -0.3 is 4.90 Å². The molecule has 1 heterocycles. The maximum absolute atomic E-state index is 13.6. The van der Waals surface area contributed by atoms with Crippen molar-refractivity contribution in [2.24, 2.45) is 0 Å². The highest BCUT2D eigenvalue weighted by Crippen LogP contribution is 2.22. The molecule has 116 valence electrons. The molecule has 3 rings (SSSR count). The second kappa shape index (κ2) is 6.71. The number of benzene rings is 2. The number of para-hydroxylation sites is 1. The summed E-state index contributed by atoms with van der Waals surface area (Å²) in [6.07, 6.45) is 3.17. The highest BCUT2D eigenvalue weighted by atomic mass is 32.1. The van der Waals surface area contributed by atoms with Crippen molar-refractivity contribution >= 4 is 33.5 Å². The molecule has 0 bridgehead atoms. The summed E-state index contributed by atoms with van der Waals surface area (Å²) in [6.45, 7) is 0.232. The van der Waals surface area contributed by atoms with Crippen LogP contribution < -0.4 is 0 Å². The van der Waals surface area contributed by atoms with Gasteiger partial charge in [0.15, 0.2) is 0 Å². The van der Waals surface area contributed by atoms with Gasteiger partial charge in [0.25, 0.3) is 0 Å². The Labute approximate surface area is 137 Å². The van der Waals surface area contributed by atoms with Crippen LogP contribution in [-0.2, 0) is 11.3 Å². The van der Waals surface area contributed by atoms with Gasteiger partial charge in [-0.15, -0.1) is 11.3 Å². The van der Waals surface area contributed by atoms with Crippen molar-refractivity contribution in [3.8, 4) is 0 Å². The SMILES string of the molecule is CN(Cc1ccccc1F)C(=O)C=Cc1nc2ccccc2s1. The first-order valence-electron chi connectivity index (χ1n) is 7.15. The maximum Gasteiger partial charge on any atom is 0.246 e. The fraction of sp³-hybridized carbons (Fsp3) is 0.111. The normalized spacial score (nSPS) is 11.2. The Morgan fingerprint density at radius 1 is 1.22 bits per heavy atom. The smallest absolute Gasteiger partial charge is 0.246 e. The van der Waals surface area contributed by atoms with E-state index >= 15 is 0 Å². The van der Waals surface area contributed by atoms with Crippen molar-refractivity contribution in [3.05, 3.63) is 71.0 Å². The minimum atomic E-state index is -0.303. The number of thiazole rings is 1. The topological polar surface area (TPSA) is 33.2 Å². The zero-order valence-corrected chi connectivity index (χ0v) is 13.4. The summed E-state index contributed by atoms with van der Waals surface area (Å²) in [5, 5.41) is 0.777. The van der Waals surface area contributed by atoms with Crippen molar-refractivity contribution in [2.75, 3.05) is 7.05 Å². The van der Waals surface area contributed by atoms with E-state index in [1.165, 1.54) is 28.4 Å². The van der Waals surface area contributed by atoms with Crippen molar-refractivity contribution in [3.63, 3.8) is 0 Å². The minimum absolute atomic E-state index is 0.187. The fourth-order valence-electron chi connectivity index (χ4n) is 2.19. The third-order valence-corrected chi connectivity index (χ3v) is 4.42. The van der Waals surface area contributed by atoms with Crippen LogP contribution in [0.5, 0.6) is 0 Å². The summed E-state index contributed by atoms with van der Waals surface area (Å²) >= 11 is 1.53. The molecule has 0 aliphatic rings. The molecule has 23 heavy (non-hydrogen) atoms. The number of rotatable bonds is 4. The molecule has 1 amide bonds. The van der Waals surface area contributed by atoms with Crippen molar-refractivity contribution in [1.82, 2.24) is 9.88 Å². The number of likely N-dealkylation sites (N-methyl/N-ethyl adjacent to an activating group) is 1. The molecule has 0 N–H and O–H groups in total. The zero-order valence-electron chi connectivity index (χ0n) is 12.6. The van der Waals surface area contributed by atoms with Crippen LogP contribution >= 0.6 is 11.3 Å². The Morgan fingerprint density at radius 3 is 2.74 bits per heavy atom. The average molecular weight is 326 g/mol. The highest BCUT2D eigenvalue weighted by Gasteiger charge is 2.09. The van der Waals surface area contributed by atoms with Crippen molar-refractivity contribution in [2.45, 2.75) is 6.54 Å². The van der Waals surface area contributed by atoms with E-state index < -0.39 is 0 Å². The second-order valence-corrected chi connectivity index (χ2v) is 6.20. The molecule has 0 fully saturated rings. The van der Waals surface area contributed by atoms with E-state index in [4.69, 9.17) is 0 Å². The lowest BCUT2D eigenvalue weighted by Gasteiger charge is -2.15. The molecule has 0 unspecified atom stereocenters. The standard InChI is InChI=1S/C18H15FN2OS/c1-21(12-13-6-2-3-7-14(13)19)18(22)11-10-17-20-15-8-4-5-9-16(15)23-17/h2-11H,12H2,1H3. The van der Waals surface area contributed by atoms with Gasteiger partial charge in [0.1, 0.15) is 10.8 Å². The van der Waals surface area contributed by atoms with Crippen LogP contribution in [0.3, 0.4) is 0 Å². The Morgan fingerprint density at radius 2 is 1.96 bits per heavy atom. The number of amides is 1. The Balaban J connectivity index is 1.69. The molecule has 0 spiro atoms. The first kappa shape index (κ1) is 15.4. The number of aromatic nitrogens is 1. The molecule has 0 aliphatic carbocycles. The van der Waals surface area contributed by atoms with Gasteiger partial charge in [0, 0.05) is 25.2 Å². The maximum atomic E-state index is 13.6. The predicted molar refractivity (Wildman–Crippen MR) is 91.5 cm³/mol. The van der Waals surface area contributed by atoms with Gasteiger partial charge >= 0.3 is 0 Å². The lowest BCUT2D eigenvalue weighted by atomic mass is 10.2. The Hall–Kier alpha value is -2.53. The van der Waals surface area contributed by atoms with Gasteiger partial charge in [-0.25, -0.2) is 9.37 Å². The summed E-state index contributed by atoms with van der Waals surface area (Å²) in [5.74, 6) is -0.491. The number of halogens is 1. The lowest BCUT2D eigenvalue weighted by molar-refractivity contribution is -0.125. The molecule has 0 atom stereocenters. The quantitative estimate of drug-likeness (QED) is 0.676. The molecule has 1 aromatic heterocycles. The van der Waals surface area contributed by atoms with E-state index in [-0.39, 0.29) is 18.3 Å². The third-order valence-electron chi connectivity index (χ3n) is 3.42. The first-order chi connectivity index (χ1) is 11.1. The molecule has 0 saturated carbocycles. The summed E-state index contributed by atoms with van der Waals surface area (Å²) in [4.78, 5) is 18.1. The molecular formula is C18H15FN2OS. The number of hydrogen-bond donors (Lipinski definition) is 0. The summed E-state index contributed by atoms with van der Waals surface area (Å²) in [7, 11) is 1.65. The van der Waals surface area contributed by atoms with Crippen LogP contribution in [0, 0.1) is 5.82 Å². The summed E-state index contributed by atoms with van der Waals surface area (Å²) in [6, 6.07) is 14.3. The molecule has 0 radical (unpaired) electrons. The third kappa shape index (κ3) is 3.63. The lowest BCUT2D eigenvalue weighted by Crippen LogP contribution is -2.24.